The number of halogens is 2. The summed E-state index contributed by atoms with van der Waals surface area (Å²) >= 11 is 0. The van der Waals surface area contributed by atoms with Crippen molar-refractivity contribution in [2.45, 2.75) is 64.2 Å². The van der Waals surface area contributed by atoms with Crippen molar-refractivity contribution in [3.05, 3.63) is 231 Å². The third-order valence-corrected chi connectivity index (χ3v) is 27.3. The van der Waals surface area contributed by atoms with Gasteiger partial charge in [-0.2, -0.15) is 0 Å². The number of rotatable bonds is 16. The molecule has 0 saturated heterocycles. The largest absolute Gasteiger partial charge is 2.00 e. The van der Waals surface area contributed by atoms with Crippen LogP contribution < -0.4 is 55.9 Å². The second-order valence-electron chi connectivity index (χ2n) is 22.1. The van der Waals surface area contributed by atoms with Gasteiger partial charge in [-0.1, -0.05) is 256 Å². The summed E-state index contributed by atoms with van der Waals surface area (Å²) in [7, 11) is -6.02. The van der Waals surface area contributed by atoms with Crippen molar-refractivity contribution in [3.63, 3.8) is 0 Å². The predicted octanol–water partition coefficient (Wildman–Crippen LogP) is 5.72. The molecule has 6 aliphatic carbocycles. The van der Waals surface area contributed by atoms with Gasteiger partial charge >= 0.3 is 26.2 Å². The number of benzene rings is 6. The van der Waals surface area contributed by atoms with E-state index in [1.165, 1.54) is 82.5 Å². The Morgan fingerprint density at radius 1 is 0.338 bits per heavy atom. The third kappa shape index (κ3) is 9.89. The fraction of sp³-hybridized carbons (Fsp3) is 0.343. The van der Waals surface area contributed by atoms with E-state index in [1.807, 2.05) is 0 Å². The van der Waals surface area contributed by atoms with Crippen LogP contribution in [0.1, 0.15) is 64.2 Å². The molecule has 10 atom stereocenters. The molecular weight excluding hydrogens is 1060 g/mol. The van der Waals surface area contributed by atoms with E-state index in [4.69, 9.17) is 8.85 Å². The van der Waals surface area contributed by atoms with Gasteiger partial charge in [0.1, 0.15) is 0 Å². The van der Waals surface area contributed by atoms with Crippen LogP contribution in [-0.2, 0) is 35.1 Å². The van der Waals surface area contributed by atoms with E-state index < -0.39 is 16.6 Å². The first-order chi connectivity index (χ1) is 35.2. The molecule has 0 amide bonds. The maximum atomic E-state index is 8.20. The molecule has 2 nitrogen and oxygen atoms in total. The van der Waals surface area contributed by atoms with Gasteiger partial charge in [-0.05, 0) is 134 Å². The first-order valence-corrected chi connectivity index (χ1v) is 31.4. The summed E-state index contributed by atoms with van der Waals surface area (Å²) in [4.78, 5) is 0. The molecule has 0 bridgehead atoms. The van der Waals surface area contributed by atoms with Crippen molar-refractivity contribution >= 4 is 47.8 Å². The molecule has 0 aliphatic heterocycles. The van der Waals surface area contributed by atoms with E-state index in [1.54, 1.807) is 0 Å². The zero-order valence-corrected chi connectivity index (χ0v) is 48.7. The first-order valence-electron chi connectivity index (χ1n) is 27.5. The molecule has 0 heterocycles. The molecule has 0 radical (unpaired) electrons. The van der Waals surface area contributed by atoms with E-state index in [0.29, 0.717) is 60.6 Å². The van der Waals surface area contributed by atoms with Gasteiger partial charge in [0.25, 0.3) is 16.6 Å². The van der Waals surface area contributed by atoms with Crippen LogP contribution in [0, 0.1) is 64.6 Å². The van der Waals surface area contributed by atoms with Crippen LogP contribution in [0.2, 0.25) is 0 Å². The first kappa shape index (κ1) is 54.9. The van der Waals surface area contributed by atoms with Crippen LogP contribution in [0.3, 0.4) is 0 Å². The average molecular weight is 1130 g/mol. The molecule has 6 aromatic rings. The Hall–Kier alpha value is -3.90. The topological polar surface area (TPSA) is 18.5 Å². The predicted molar refractivity (Wildman–Crippen MR) is 300 cm³/mol. The molecule has 10 unspecified atom stereocenters. The quantitative estimate of drug-likeness (QED) is 0.0915. The van der Waals surface area contributed by atoms with E-state index in [-0.39, 0.29) is 56.4 Å². The molecule has 0 N–H and O–H groups in total. The van der Waals surface area contributed by atoms with Gasteiger partial charge in [0.15, 0.2) is 0 Å². The summed E-state index contributed by atoms with van der Waals surface area (Å²) in [5.41, 5.74) is -0.0568. The van der Waals surface area contributed by atoms with Crippen molar-refractivity contribution < 1.29 is 59.9 Å². The van der Waals surface area contributed by atoms with E-state index in [0.717, 1.165) is 24.7 Å². The Labute approximate surface area is 476 Å². The maximum absolute atomic E-state index is 8.20. The smallest absolute Gasteiger partial charge is 1.00 e. The Bertz CT molecular complexity index is 2420. The monoisotopic (exact) mass is 1120 g/mol. The van der Waals surface area contributed by atoms with Gasteiger partial charge < -0.3 is 33.7 Å². The Kier molecular flexibility index (Phi) is 18.3. The van der Waals surface area contributed by atoms with Gasteiger partial charge in [0.2, 0.25) is 0 Å². The zero-order chi connectivity index (χ0) is 47.5. The van der Waals surface area contributed by atoms with Crippen LogP contribution in [0.15, 0.2) is 231 Å². The van der Waals surface area contributed by atoms with Gasteiger partial charge in [0, 0.05) is 13.2 Å². The second kappa shape index (κ2) is 24.6. The summed E-state index contributed by atoms with van der Waals surface area (Å²) in [6, 6.07) is 68.0. The molecule has 4 fully saturated rings. The molecule has 7 heteroatoms. The summed E-state index contributed by atoms with van der Waals surface area (Å²) in [5.74, 6) is 6.06. The third-order valence-electron chi connectivity index (χ3n) is 19.1. The molecular formula is C67H72Cl2O2Si2Zr. The van der Waals surface area contributed by atoms with Crippen molar-refractivity contribution in [2.24, 2.45) is 64.6 Å². The van der Waals surface area contributed by atoms with E-state index >= 15 is 0 Å². The molecule has 378 valence electrons. The van der Waals surface area contributed by atoms with Crippen molar-refractivity contribution in [1.29, 1.82) is 0 Å². The SMILES string of the molecule is C1=CC2C(C=C1)C(C(CCO[Si](c1ccccc1)(c1ccccc1)c1ccccc1)(CCO[Si](c1ccccc1)(c1ccccc1)c1ccccc1)C1C3C=CC=CC3C3CCCCC31)C1CCCCC21.[Cl-].[Cl-].[Zr+2]. The van der Waals surface area contributed by atoms with E-state index in [9.17, 15) is 0 Å². The summed E-state index contributed by atoms with van der Waals surface area (Å²) < 4.78 is 16.4. The van der Waals surface area contributed by atoms with E-state index in [2.05, 4.69) is 231 Å². The van der Waals surface area contributed by atoms with Crippen molar-refractivity contribution in [2.75, 3.05) is 13.2 Å². The molecule has 6 aliphatic rings. The van der Waals surface area contributed by atoms with Crippen LogP contribution in [0.4, 0.5) is 0 Å². The molecule has 12 rings (SSSR count). The second-order valence-corrected chi connectivity index (χ2v) is 28.9. The summed E-state index contributed by atoms with van der Waals surface area (Å²) in [6.07, 6.45) is 33.3. The molecule has 0 aromatic heterocycles. The minimum Gasteiger partial charge on any atom is -1.00 e. The number of allylic oxidation sites excluding steroid dienone is 8. The summed E-state index contributed by atoms with van der Waals surface area (Å²) in [5, 5.41) is 7.91. The molecule has 0 spiro atoms. The van der Waals surface area contributed by atoms with Gasteiger partial charge in [-0.25, -0.2) is 0 Å². The van der Waals surface area contributed by atoms with Gasteiger partial charge in [-0.3, -0.25) is 0 Å². The summed E-state index contributed by atoms with van der Waals surface area (Å²) in [6.45, 7) is 1.42. The number of hydrogen-bond acceptors (Lipinski definition) is 2. The number of hydrogen-bond donors (Lipinski definition) is 0. The Morgan fingerprint density at radius 2 is 0.581 bits per heavy atom. The van der Waals surface area contributed by atoms with Crippen molar-refractivity contribution in [3.8, 4) is 0 Å². The van der Waals surface area contributed by atoms with Gasteiger partial charge in [-0.15, -0.1) is 0 Å². The minimum atomic E-state index is -3.01. The maximum Gasteiger partial charge on any atom is 2.00 e. The molecule has 4 saturated carbocycles. The molecule has 6 aromatic carbocycles. The average Bonchev–Trinajstić information content (AvgIpc) is 3.98. The fourth-order valence-electron chi connectivity index (χ4n) is 16.6. The van der Waals surface area contributed by atoms with Crippen LogP contribution in [-0.4, -0.2) is 29.8 Å². The molecule has 74 heavy (non-hydrogen) atoms. The Balaban J connectivity index is 0.00000224. The van der Waals surface area contributed by atoms with Crippen LogP contribution in [0.25, 0.3) is 0 Å². The Morgan fingerprint density at radius 3 is 0.851 bits per heavy atom. The number of fused-ring (bicyclic) bond motifs is 6. The van der Waals surface area contributed by atoms with Crippen molar-refractivity contribution in [1.82, 2.24) is 0 Å². The standard InChI is InChI=1S/C67H72O2Si2.2ClH.Zr/c1-7-27-51(28-8-1)70(52-29-9-2-10-30-52,53-31-11-3-12-32-53)68-49-47-67(65-61-43-23-19-39-57(61)58-40-20-24-44-62(58)65,66-63-45-25-21-41-59(63)60-42-22-26-46-64(60)66)48-50-69-71(54-33-13-4-14-34-54,55-35-15-5-16-36-55)56-37-17-6-18-38-56;;;/h1-19,21,23,25,27-39,41,43,45,57-66H,20,22,24,26,40,42,44,46-50H2;2*1H;/q;;;+2/p-2. The van der Waals surface area contributed by atoms with Gasteiger partial charge in [0.05, 0.1) is 0 Å². The fourth-order valence-corrected chi connectivity index (χ4v) is 24.4. The zero-order valence-electron chi connectivity index (χ0n) is 42.8. The normalized spacial score (nSPS) is 26.5. The van der Waals surface area contributed by atoms with Crippen LogP contribution in [0.5, 0.6) is 0 Å². The minimum absolute atomic E-state index is 0. The van der Waals surface area contributed by atoms with Crippen LogP contribution >= 0.6 is 0 Å².